The first-order valence-electron chi connectivity index (χ1n) is 10.7. The fourth-order valence-corrected chi connectivity index (χ4v) is 4.60. The summed E-state index contributed by atoms with van der Waals surface area (Å²) in [5.74, 6) is -0.334. The average molecular weight is 465 g/mol. The minimum absolute atomic E-state index is 0.0873. The molecule has 0 unspecified atom stereocenters. The number of aliphatic carboxylic acids is 1. The van der Waals surface area contributed by atoms with Gasteiger partial charge in [-0.1, -0.05) is 12.1 Å². The minimum Gasteiger partial charge on any atom is -0.480 e. The summed E-state index contributed by atoms with van der Waals surface area (Å²) in [4.78, 5) is 42.2. The van der Waals surface area contributed by atoms with Crippen LogP contribution in [0, 0.1) is 0 Å². The van der Waals surface area contributed by atoms with Gasteiger partial charge >= 0.3 is 5.97 Å². The second-order valence-electron chi connectivity index (χ2n) is 7.61. The number of carbonyl (C=O) groups is 1. The molecule has 3 N–H and O–H groups in total. The van der Waals surface area contributed by atoms with E-state index in [1.165, 1.54) is 0 Å². The number of carboxylic acid groups (broad SMARTS) is 1. The van der Waals surface area contributed by atoms with Crippen LogP contribution in [0.4, 0.5) is 22.9 Å². The Bertz CT molecular complexity index is 1350. The van der Waals surface area contributed by atoms with Crippen molar-refractivity contribution >= 4 is 50.3 Å². The zero-order chi connectivity index (χ0) is 23.5. The Balaban J connectivity index is 1.49. The summed E-state index contributed by atoms with van der Waals surface area (Å²) in [5, 5.41) is 18.9. The van der Waals surface area contributed by atoms with E-state index in [-0.39, 0.29) is 17.8 Å². The number of aromatic nitrogens is 1. The molecule has 0 spiro atoms. The lowest BCUT2D eigenvalue weighted by atomic mass is 10.0. The first kappa shape index (κ1) is 22.5. The molecule has 0 aliphatic rings. The largest absolute Gasteiger partial charge is 0.480 e. The van der Waals surface area contributed by atoms with Crippen LogP contribution in [0.2, 0.25) is 0 Å². The summed E-state index contributed by atoms with van der Waals surface area (Å²) in [6.45, 7) is 4.86. The van der Waals surface area contributed by atoms with E-state index in [0.29, 0.717) is 13.1 Å². The molecule has 0 amide bonds. The highest BCUT2D eigenvalue weighted by molar-refractivity contribution is 7.17. The number of fused-ring (bicyclic) bond motifs is 1. The van der Waals surface area contributed by atoms with E-state index >= 15 is 0 Å². The van der Waals surface area contributed by atoms with E-state index in [1.807, 2.05) is 55.6 Å². The van der Waals surface area contributed by atoms with Crippen LogP contribution in [-0.4, -0.2) is 35.2 Å². The van der Waals surface area contributed by atoms with Crippen LogP contribution in [0.25, 0.3) is 10.1 Å². The van der Waals surface area contributed by atoms with Crippen molar-refractivity contribution in [2.75, 3.05) is 28.6 Å². The number of thiophene rings is 1. The van der Waals surface area contributed by atoms with Crippen molar-refractivity contribution < 1.29 is 9.90 Å². The molecule has 9 heteroatoms. The second kappa shape index (κ2) is 9.41. The number of nitrogens with zero attached hydrogens (tertiary/aromatic N) is 2. The third-order valence-corrected chi connectivity index (χ3v) is 6.50. The normalized spacial score (nSPS) is 12.1. The van der Waals surface area contributed by atoms with Gasteiger partial charge in [0.1, 0.15) is 23.2 Å². The SMILES string of the molecule is CCN(CC)c1c(N[C@@H](Cc2ccc(Nc3nccc4sccc34)cc2)C(=O)O)c(=O)c1=O. The van der Waals surface area contributed by atoms with Gasteiger partial charge in [0.15, 0.2) is 0 Å². The zero-order valence-electron chi connectivity index (χ0n) is 18.3. The smallest absolute Gasteiger partial charge is 0.326 e. The van der Waals surface area contributed by atoms with Crippen molar-refractivity contribution in [2.24, 2.45) is 0 Å². The Kier molecular flexibility index (Phi) is 6.41. The lowest BCUT2D eigenvalue weighted by molar-refractivity contribution is -0.137. The number of rotatable bonds is 10. The van der Waals surface area contributed by atoms with E-state index in [4.69, 9.17) is 0 Å². The summed E-state index contributed by atoms with van der Waals surface area (Å²) in [6, 6.07) is 10.3. The monoisotopic (exact) mass is 464 g/mol. The second-order valence-corrected chi connectivity index (χ2v) is 8.56. The predicted molar refractivity (Wildman–Crippen MR) is 133 cm³/mol. The molecule has 0 aliphatic heterocycles. The van der Waals surface area contributed by atoms with E-state index in [9.17, 15) is 19.5 Å². The Morgan fingerprint density at radius 3 is 2.48 bits per heavy atom. The zero-order valence-corrected chi connectivity index (χ0v) is 19.1. The van der Waals surface area contributed by atoms with Crippen LogP contribution in [0.1, 0.15) is 19.4 Å². The molecule has 0 radical (unpaired) electrons. The van der Waals surface area contributed by atoms with Crippen molar-refractivity contribution in [3.8, 4) is 0 Å². The average Bonchev–Trinajstić information content (AvgIpc) is 3.31. The van der Waals surface area contributed by atoms with Crippen LogP contribution in [0.15, 0.2) is 57.6 Å². The molecule has 0 saturated carbocycles. The summed E-state index contributed by atoms with van der Waals surface area (Å²) in [5.41, 5.74) is 0.726. The molecular formula is C24H24N4O4S. The van der Waals surface area contributed by atoms with E-state index in [0.717, 1.165) is 27.2 Å². The number of nitrogens with one attached hydrogen (secondary N) is 2. The van der Waals surface area contributed by atoms with Gasteiger partial charge in [0.05, 0.1) is 0 Å². The molecule has 4 rings (SSSR count). The lowest BCUT2D eigenvalue weighted by Crippen LogP contribution is -2.45. The van der Waals surface area contributed by atoms with E-state index in [2.05, 4.69) is 15.6 Å². The molecule has 0 fully saturated rings. The van der Waals surface area contributed by atoms with Gasteiger partial charge in [-0.15, -0.1) is 11.3 Å². The Morgan fingerprint density at radius 2 is 1.82 bits per heavy atom. The van der Waals surface area contributed by atoms with Gasteiger partial charge in [0.25, 0.3) is 10.9 Å². The number of benzene rings is 1. The molecule has 0 bridgehead atoms. The summed E-state index contributed by atoms with van der Waals surface area (Å²) < 4.78 is 1.14. The van der Waals surface area contributed by atoms with Gasteiger partial charge in [-0.25, -0.2) is 9.78 Å². The molecule has 1 atom stereocenters. The molecule has 2 aromatic heterocycles. The fraction of sp³-hybridized carbons (Fsp3) is 0.250. The molecule has 0 saturated heterocycles. The van der Waals surface area contributed by atoms with Crippen molar-refractivity contribution in [3.05, 3.63) is 74.0 Å². The predicted octanol–water partition coefficient (Wildman–Crippen LogP) is 3.59. The Morgan fingerprint density at radius 1 is 1.09 bits per heavy atom. The third kappa shape index (κ3) is 4.45. The van der Waals surface area contributed by atoms with Crippen molar-refractivity contribution in [1.29, 1.82) is 0 Å². The molecule has 33 heavy (non-hydrogen) atoms. The quantitative estimate of drug-likeness (QED) is 0.305. The molecule has 2 aromatic carbocycles. The third-order valence-electron chi connectivity index (χ3n) is 5.62. The maximum atomic E-state index is 12.1. The molecule has 0 aliphatic carbocycles. The van der Waals surface area contributed by atoms with Crippen LogP contribution < -0.4 is 26.4 Å². The Hall–Kier alpha value is -3.72. The standard InChI is InChI=1S/C24H24N4O4S/c1-3-28(4-2)20-19(21(29)22(20)30)27-17(24(31)32)13-14-5-7-15(8-6-14)26-23-16-10-12-33-18(16)9-11-25-23/h5-12,17,27H,3-4,13H2,1-2H3,(H,25,26)(H,31,32)/t17-/m0/s1. The van der Waals surface area contributed by atoms with Crippen LogP contribution in [0.3, 0.4) is 0 Å². The first-order valence-corrected chi connectivity index (χ1v) is 11.6. The summed E-state index contributed by atoms with van der Waals surface area (Å²) >= 11 is 1.65. The maximum absolute atomic E-state index is 12.1. The highest BCUT2D eigenvalue weighted by Crippen LogP contribution is 2.28. The van der Waals surface area contributed by atoms with Crippen LogP contribution in [-0.2, 0) is 11.2 Å². The highest BCUT2D eigenvalue weighted by Gasteiger charge is 2.29. The molecule has 4 aromatic rings. The summed E-state index contributed by atoms with van der Waals surface area (Å²) in [6.07, 6.45) is 1.91. The van der Waals surface area contributed by atoms with Crippen LogP contribution >= 0.6 is 11.3 Å². The van der Waals surface area contributed by atoms with Crippen LogP contribution in [0.5, 0.6) is 0 Å². The maximum Gasteiger partial charge on any atom is 0.326 e. The highest BCUT2D eigenvalue weighted by atomic mass is 32.1. The number of hydrogen-bond acceptors (Lipinski definition) is 8. The molecule has 170 valence electrons. The van der Waals surface area contributed by atoms with Gasteiger partial charge in [-0.05, 0) is 49.1 Å². The lowest BCUT2D eigenvalue weighted by Gasteiger charge is -2.26. The van der Waals surface area contributed by atoms with E-state index in [1.54, 1.807) is 22.4 Å². The molecule has 8 nitrogen and oxygen atoms in total. The fourth-order valence-electron chi connectivity index (χ4n) is 3.82. The van der Waals surface area contributed by atoms with Gasteiger partial charge < -0.3 is 20.6 Å². The van der Waals surface area contributed by atoms with Gasteiger partial charge in [0.2, 0.25) is 0 Å². The van der Waals surface area contributed by atoms with Crippen molar-refractivity contribution in [1.82, 2.24) is 4.98 Å². The van der Waals surface area contributed by atoms with Gasteiger partial charge in [0, 0.05) is 41.5 Å². The molecule has 2 heterocycles. The van der Waals surface area contributed by atoms with Gasteiger partial charge in [-0.2, -0.15) is 0 Å². The van der Waals surface area contributed by atoms with E-state index < -0.39 is 22.9 Å². The van der Waals surface area contributed by atoms with Crippen molar-refractivity contribution in [3.63, 3.8) is 0 Å². The number of anilines is 4. The number of pyridine rings is 1. The number of hydrogen-bond donors (Lipinski definition) is 3. The topological polar surface area (TPSA) is 112 Å². The van der Waals surface area contributed by atoms with Gasteiger partial charge in [-0.3, -0.25) is 9.59 Å². The number of carboxylic acids is 1. The summed E-state index contributed by atoms with van der Waals surface area (Å²) in [7, 11) is 0. The molecular weight excluding hydrogens is 440 g/mol. The first-order chi connectivity index (χ1) is 15.9. The Labute approximate surface area is 194 Å². The minimum atomic E-state index is -1.09. The van der Waals surface area contributed by atoms with Crippen molar-refractivity contribution in [2.45, 2.75) is 26.3 Å².